The van der Waals surface area contributed by atoms with E-state index in [-0.39, 0.29) is 46.3 Å². The van der Waals surface area contributed by atoms with Gasteiger partial charge < -0.3 is 10.2 Å². The molecule has 10 heavy (non-hydrogen) atoms. The molecule has 0 unspecified atom stereocenters. The van der Waals surface area contributed by atoms with Crippen molar-refractivity contribution in [3.05, 3.63) is 0 Å². The Morgan fingerprint density at radius 1 is 1.20 bits per heavy atom. The summed E-state index contributed by atoms with van der Waals surface area (Å²) in [5.41, 5.74) is 0. The van der Waals surface area contributed by atoms with E-state index in [9.17, 15) is 0 Å². The van der Waals surface area contributed by atoms with Gasteiger partial charge in [-0.25, -0.2) is 4.79 Å². The monoisotopic (exact) mass is 275 g/mol. The van der Waals surface area contributed by atoms with Crippen LogP contribution in [0.2, 0.25) is 0 Å². The first-order valence-corrected chi connectivity index (χ1v) is 3.41. The minimum absolute atomic E-state index is 0. The van der Waals surface area contributed by atoms with Gasteiger partial charge in [0.1, 0.15) is 0 Å². The Labute approximate surface area is 93.5 Å². The summed E-state index contributed by atoms with van der Waals surface area (Å²) in [4.78, 5) is 8.56. The van der Waals surface area contributed by atoms with Crippen molar-refractivity contribution in [1.82, 2.24) is 0 Å². The van der Waals surface area contributed by atoms with E-state index in [1.807, 2.05) is 0 Å². The molecule has 4 N–H and O–H groups in total. The van der Waals surface area contributed by atoms with Crippen LogP contribution in [0.3, 0.4) is 0 Å². The predicted molar refractivity (Wildman–Crippen MR) is 28.7 cm³/mol. The zero-order chi connectivity index (χ0) is 7.15. The van der Waals surface area contributed by atoms with Crippen LogP contribution in [-0.2, 0) is 20.6 Å². The quantitative estimate of drug-likeness (QED) is 0.378. The molecule has 0 fully saturated rings. The minimum atomic E-state index is -3.29. The Balaban J connectivity index is -0.0000000300. The molecule has 1 radical (unpaired) electrons. The molecule has 0 aliphatic heterocycles. The maximum atomic E-state index is 8.76. The van der Waals surface area contributed by atoms with Crippen LogP contribution in [0.5, 0.6) is 0 Å². The standard InChI is InChI=1S/CH2O3.Co.Na.H2O3Se.H/c2-1(3)4;;;1-4(2)3;/h(H2,2,3,4);;;(H2,1,2,3);. The molecular weight excluding hydrogens is 269 g/mol. The molecule has 0 aromatic rings. The fourth-order valence-corrected chi connectivity index (χ4v) is 0. The van der Waals surface area contributed by atoms with Crippen LogP contribution in [0.25, 0.3) is 0 Å². The summed E-state index contributed by atoms with van der Waals surface area (Å²) in [6, 6.07) is 0. The SMILES string of the molecule is O=C(O)O.O=[Se](O)O.[Co].[NaH]. The van der Waals surface area contributed by atoms with Gasteiger partial charge in [0.05, 0.1) is 0 Å². The average Bonchev–Trinajstić information content (AvgIpc) is 1.25. The molecular formula is CH5CoNaO6Se. The Kier molecular flexibility index (Phi) is 37.1. The van der Waals surface area contributed by atoms with Crippen molar-refractivity contribution in [1.29, 1.82) is 0 Å². The molecule has 0 aromatic heterocycles. The third-order valence-corrected chi connectivity index (χ3v) is 0. The van der Waals surface area contributed by atoms with Crippen molar-refractivity contribution in [2.45, 2.75) is 0 Å². The molecule has 9 heteroatoms. The van der Waals surface area contributed by atoms with Crippen LogP contribution in [0, 0.1) is 0 Å². The average molecular weight is 274 g/mol. The molecule has 0 aliphatic carbocycles. The zero-order valence-corrected chi connectivity index (χ0v) is 6.60. The van der Waals surface area contributed by atoms with Crippen LogP contribution >= 0.6 is 0 Å². The van der Waals surface area contributed by atoms with Crippen molar-refractivity contribution in [3.63, 3.8) is 0 Å². The number of hydrogen-bond donors (Lipinski definition) is 4. The third-order valence-electron chi connectivity index (χ3n) is 0. The second-order valence-corrected chi connectivity index (χ2v) is 1.48. The van der Waals surface area contributed by atoms with Gasteiger partial charge in [0.25, 0.3) is 0 Å². The van der Waals surface area contributed by atoms with Crippen LogP contribution in [0.1, 0.15) is 0 Å². The van der Waals surface area contributed by atoms with Gasteiger partial charge in [0, 0.05) is 16.8 Å². The van der Waals surface area contributed by atoms with E-state index in [2.05, 4.69) is 0 Å². The van der Waals surface area contributed by atoms with Crippen molar-refractivity contribution < 1.29 is 44.0 Å². The molecule has 0 aliphatic rings. The molecule has 0 saturated carbocycles. The van der Waals surface area contributed by atoms with Gasteiger partial charge >= 0.3 is 62.4 Å². The van der Waals surface area contributed by atoms with Crippen LogP contribution in [0.4, 0.5) is 4.79 Å². The first kappa shape index (κ1) is 22.5. The first-order valence-electron chi connectivity index (χ1n) is 1.18. The van der Waals surface area contributed by atoms with Gasteiger partial charge in [-0.15, -0.1) is 0 Å². The first-order chi connectivity index (χ1) is 3.46. The number of rotatable bonds is 0. The summed E-state index contributed by atoms with van der Waals surface area (Å²) in [6.45, 7) is 0. The predicted octanol–water partition coefficient (Wildman–Crippen LogP) is -2.04. The molecule has 0 spiro atoms. The molecule has 0 aromatic carbocycles. The maximum absolute atomic E-state index is 8.76. The van der Waals surface area contributed by atoms with E-state index in [1.54, 1.807) is 0 Å². The topological polar surface area (TPSA) is 115 Å². The zero-order valence-electron chi connectivity index (χ0n) is 3.85. The van der Waals surface area contributed by atoms with E-state index in [1.165, 1.54) is 0 Å². The van der Waals surface area contributed by atoms with Gasteiger partial charge in [-0.05, 0) is 0 Å². The molecule has 0 heterocycles. The second kappa shape index (κ2) is 16.5. The van der Waals surface area contributed by atoms with Gasteiger partial charge in [-0.3, -0.25) is 0 Å². The number of carboxylic acid groups (broad SMARTS) is 2. The normalized spacial score (nSPS) is 5.90. The van der Waals surface area contributed by atoms with E-state index in [4.69, 9.17) is 27.2 Å². The van der Waals surface area contributed by atoms with Crippen LogP contribution < -0.4 is 0 Å². The van der Waals surface area contributed by atoms with Gasteiger partial charge in [-0.2, -0.15) is 0 Å². The van der Waals surface area contributed by atoms with Crippen LogP contribution in [0.15, 0.2) is 0 Å². The second-order valence-electron chi connectivity index (χ2n) is 0.513. The molecule has 0 atom stereocenters. The number of hydrogen-bond acceptors (Lipinski definition) is 2. The summed E-state index contributed by atoms with van der Waals surface area (Å²) in [5.74, 6) is 0. The van der Waals surface area contributed by atoms with Crippen molar-refractivity contribution in [2.75, 3.05) is 0 Å². The Morgan fingerprint density at radius 2 is 1.20 bits per heavy atom. The van der Waals surface area contributed by atoms with E-state index in [0.29, 0.717) is 0 Å². The fourth-order valence-electron chi connectivity index (χ4n) is 0. The summed E-state index contributed by atoms with van der Waals surface area (Å²) in [7, 11) is 0. The third kappa shape index (κ3) is 561. The van der Waals surface area contributed by atoms with Gasteiger partial charge in [-0.1, -0.05) is 0 Å². The molecule has 6 nitrogen and oxygen atoms in total. The van der Waals surface area contributed by atoms with E-state index < -0.39 is 20.6 Å². The molecule has 61 valence electrons. The summed E-state index contributed by atoms with van der Waals surface area (Å²) in [6.07, 6.45) is -1.83. The Hall–Kier alpha value is 1.02. The molecule has 0 rings (SSSR count). The number of carbonyl (C=O) groups is 1. The molecule has 0 amide bonds. The van der Waals surface area contributed by atoms with Gasteiger partial charge in [0.2, 0.25) is 0 Å². The van der Waals surface area contributed by atoms with E-state index in [0.717, 1.165) is 0 Å². The molecule has 0 bridgehead atoms. The fraction of sp³-hybridized carbons (Fsp3) is 0. The Bertz CT molecular complexity index is 75.7. The van der Waals surface area contributed by atoms with Gasteiger partial charge in [0.15, 0.2) is 0 Å². The van der Waals surface area contributed by atoms with Crippen molar-refractivity contribution in [2.24, 2.45) is 0 Å². The van der Waals surface area contributed by atoms with Crippen molar-refractivity contribution in [3.8, 4) is 0 Å². The summed E-state index contributed by atoms with van der Waals surface area (Å²) < 4.78 is 23.1. The summed E-state index contributed by atoms with van der Waals surface area (Å²) in [5, 5.41) is 13.9. The van der Waals surface area contributed by atoms with E-state index >= 15 is 0 Å². The molecule has 0 saturated heterocycles. The van der Waals surface area contributed by atoms with Crippen LogP contribution in [-0.4, -0.2) is 68.8 Å². The Morgan fingerprint density at radius 3 is 1.20 bits per heavy atom. The summed E-state index contributed by atoms with van der Waals surface area (Å²) >= 11 is -3.29. The van der Waals surface area contributed by atoms with Crippen molar-refractivity contribution >= 4 is 50.2 Å².